The topological polar surface area (TPSA) is 351 Å². The summed E-state index contributed by atoms with van der Waals surface area (Å²) in [6, 6.07) is 49.4. The van der Waals surface area contributed by atoms with Crippen molar-refractivity contribution in [2.45, 2.75) is 210 Å². The van der Waals surface area contributed by atoms with E-state index in [1.54, 1.807) is 118 Å². The zero-order valence-corrected chi connectivity index (χ0v) is 84.5. The maximum Gasteiger partial charge on any atom is 0.490 e. The van der Waals surface area contributed by atoms with Crippen LogP contribution in [-0.2, 0) is 64.2 Å². The summed E-state index contributed by atoms with van der Waals surface area (Å²) in [5.41, 5.74) is 11.8. The van der Waals surface area contributed by atoms with E-state index in [0.717, 1.165) is 113 Å². The summed E-state index contributed by atoms with van der Waals surface area (Å²) in [6.07, 6.45) is 19.9. The first-order valence-electron chi connectivity index (χ1n) is 47.0. The lowest BCUT2D eigenvalue weighted by Crippen LogP contribution is -2.41. The molecule has 10 aromatic rings. The maximum atomic E-state index is 14.2. The van der Waals surface area contributed by atoms with Gasteiger partial charge in [0.2, 0.25) is 0 Å². The minimum absolute atomic E-state index is 0.0193. The van der Waals surface area contributed by atoms with E-state index in [9.17, 15) is 47.0 Å². The number of aromatic nitrogens is 5. The van der Waals surface area contributed by atoms with Gasteiger partial charge in [0.15, 0.2) is 11.3 Å². The Kier molecular flexibility index (Phi) is 31.2. The number of halogens is 1. The van der Waals surface area contributed by atoms with E-state index in [0.29, 0.717) is 139 Å². The van der Waals surface area contributed by atoms with Gasteiger partial charge in [-0.3, -0.25) is 4.98 Å². The minimum atomic E-state index is -4.07. The van der Waals surface area contributed by atoms with Crippen LogP contribution >= 0.6 is 22.6 Å². The number of rotatable bonds is 16. The largest absolute Gasteiger partial charge is 0.490 e. The predicted molar refractivity (Wildman–Crippen MR) is 538 cm³/mol. The highest BCUT2D eigenvalue weighted by Gasteiger charge is 2.53. The highest BCUT2D eigenvalue weighted by molar-refractivity contribution is 14.1. The van der Waals surface area contributed by atoms with Crippen molar-refractivity contribution in [2.24, 2.45) is 0 Å². The molecule has 0 saturated carbocycles. The molecule has 4 saturated heterocycles. The van der Waals surface area contributed by atoms with Crippen LogP contribution in [-0.4, -0.2) is 205 Å². The van der Waals surface area contributed by atoms with Gasteiger partial charge >= 0.3 is 25.4 Å². The zero-order chi connectivity index (χ0) is 98.9. The van der Waals surface area contributed by atoms with Gasteiger partial charge in [0.25, 0.3) is 20.0 Å². The number of carbonyl (C=O) groups excluding carboxylic acids is 3. The fourth-order valence-corrected chi connectivity index (χ4v) is 21.4. The molecule has 1 aliphatic carbocycles. The highest BCUT2D eigenvalue weighted by atomic mass is 127. The summed E-state index contributed by atoms with van der Waals surface area (Å²) in [5.74, 6) is 1.68. The molecule has 18 rings (SSSR count). The number of fused-ring (bicyclic) bond motifs is 3. The van der Waals surface area contributed by atoms with Crippen molar-refractivity contribution in [3.8, 4) is 68.8 Å². The van der Waals surface area contributed by atoms with Crippen molar-refractivity contribution < 1.29 is 83.2 Å². The van der Waals surface area contributed by atoms with E-state index in [-0.39, 0.29) is 70.8 Å². The zero-order valence-electron chi connectivity index (χ0n) is 80.7. The summed E-state index contributed by atoms with van der Waals surface area (Å²) < 4.78 is 121. The molecule has 29 nitrogen and oxygen atoms in total. The maximum absolute atomic E-state index is 14.2. The Morgan fingerprint density at radius 3 is 1.22 bits per heavy atom. The number of pyridine rings is 3. The number of carbonyl (C=O) groups is 3. The third kappa shape index (κ3) is 24.1. The molecule has 0 atom stereocenters. The Morgan fingerprint density at radius 1 is 0.453 bits per heavy atom. The van der Waals surface area contributed by atoms with Crippen molar-refractivity contribution in [2.75, 3.05) is 78.9 Å². The Morgan fingerprint density at radius 2 is 0.827 bits per heavy atom. The van der Waals surface area contributed by atoms with Crippen molar-refractivity contribution in [1.82, 2.24) is 37.6 Å². The van der Waals surface area contributed by atoms with E-state index in [4.69, 9.17) is 51.9 Å². The average Bonchev–Trinajstić information content (AvgIpc) is 1.68. The molecule has 0 bridgehead atoms. The summed E-state index contributed by atoms with van der Waals surface area (Å²) in [5, 5.41) is 30.9. The molecule has 5 aromatic heterocycles. The quantitative estimate of drug-likeness (QED) is 0.0492. The number of ether oxygens (including phenoxy) is 9. The highest BCUT2D eigenvalue weighted by Crippen LogP contribution is 2.44. The number of nitriles is 3. The first-order chi connectivity index (χ1) is 66.2. The molecule has 12 heterocycles. The molecular formula is C106H117BIN11O18S2. The monoisotopic (exact) mass is 2030 g/mol. The van der Waals surface area contributed by atoms with Gasteiger partial charge < -0.3 is 66.6 Å². The van der Waals surface area contributed by atoms with Crippen molar-refractivity contribution in [3.05, 3.63) is 236 Å². The van der Waals surface area contributed by atoms with Gasteiger partial charge in [-0.15, -0.1) is 0 Å². The standard InChI is InChI=1S/C35H36N4O6S.C30H33N3O4.C25H20IN3O4S.C16H28BNO4/c1-35(2,3)45-34(40)38-17-12-24(13-18-38)31-22-30-29(11-16-37-33(30)39(31)46(41,42)28-7-5-4-6-8-28)25-9-10-32(26(21-25)23-36)44-27-14-19-43-20-15-27;1-30(2,3)37-29(34)33-12-7-20(8-13-33)22-17-26-25(6-11-32-27(26)18-22)21-4-5-28(23(16-21)19-31)36-24-9-14-35-15-10-24;26-24-15-22-21(8-11-28-25(22)29(24)34(30,31)20-4-2-1-3-5-20)17-6-7-23(18(14-17)16-27)33-19-9-12-32-13-10-19;1-14(2,3)20-13(19)18-10-8-12(9-11-18)17-21-15(4,5)16(6,7)22-17/h4-12,16,21-22,27H,13-15,17-20H2,1-3H3;4-7,11,16-17,24H,8-10,12-15,18H2,1-3H3;1-8,11,14-15,19H,9-10,12-13H2;8H,9-11H2,1-7H3. The predicted octanol–water partition coefficient (Wildman–Crippen LogP) is 20.2. The molecule has 0 radical (unpaired) electrons. The molecule has 0 spiro atoms. The van der Waals surface area contributed by atoms with Gasteiger partial charge in [0.1, 0.15) is 70.6 Å². The third-order valence-corrected chi connectivity index (χ3v) is 29.7. The molecule has 0 N–H and O–H groups in total. The minimum Gasteiger partial charge on any atom is -0.489 e. The van der Waals surface area contributed by atoms with Gasteiger partial charge in [0.05, 0.1) is 92.4 Å². The van der Waals surface area contributed by atoms with Crippen molar-refractivity contribution in [3.63, 3.8) is 0 Å². The molecule has 5 aromatic carbocycles. The van der Waals surface area contributed by atoms with Crippen LogP contribution in [0, 0.1) is 37.7 Å². The normalized spacial score (nSPS) is 17.5. The van der Waals surface area contributed by atoms with Crippen LogP contribution in [0.1, 0.15) is 181 Å². The SMILES string of the molecule is CC(C)(C)OC(=O)N1CC=C(B2OC(C)(C)C(C)(C)O2)CC1.CC(C)(C)OC(=O)N1CC=C(C2=Cc3c(-c4ccc(OC5CCOCC5)c(C#N)c4)ccnc3C2)CC1.CC(C)(C)OC(=O)N1CC=C(c2cc3c(-c4ccc(OC5CCOCC5)c(C#N)c4)ccnc3n2S(=O)(=O)c2ccccc2)CC1.N#Cc1cc(-c2ccnc3c2cc(I)n3S(=O)(=O)c2ccccc2)ccc1OC1CCOCC1. The van der Waals surface area contributed by atoms with Crippen LogP contribution in [0.5, 0.6) is 17.2 Å². The smallest absolute Gasteiger partial charge is 0.489 e. The molecule has 0 unspecified atom stereocenters. The summed E-state index contributed by atoms with van der Waals surface area (Å²) in [7, 11) is -8.20. The van der Waals surface area contributed by atoms with Gasteiger partial charge in [0, 0.05) is 119 Å². The summed E-state index contributed by atoms with van der Waals surface area (Å²) >= 11 is 2.01. The van der Waals surface area contributed by atoms with E-state index in [1.165, 1.54) is 19.1 Å². The van der Waals surface area contributed by atoms with E-state index < -0.39 is 42.9 Å². The van der Waals surface area contributed by atoms with E-state index in [2.05, 4.69) is 45.3 Å². The second-order valence-corrected chi connectivity index (χ2v) is 43.7. The Labute approximate surface area is 827 Å². The lowest BCUT2D eigenvalue weighted by molar-refractivity contribution is 0.00578. The van der Waals surface area contributed by atoms with E-state index >= 15 is 0 Å². The molecule has 8 aliphatic rings. The van der Waals surface area contributed by atoms with E-state index in [1.807, 2.05) is 186 Å². The van der Waals surface area contributed by atoms with Crippen molar-refractivity contribution >= 4 is 102 Å². The van der Waals surface area contributed by atoms with Crippen LogP contribution in [0.25, 0.3) is 67.1 Å². The average molecular weight is 2040 g/mol. The molecule has 3 amide bonds. The van der Waals surface area contributed by atoms with Gasteiger partial charge in [-0.25, -0.2) is 49.1 Å². The fraction of sp³-hybridized carbons (Fsp3) is 0.406. The number of nitrogens with zero attached hydrogens (tertiary/aromatic N) is 11. The second-order valence-electron chi connectivity index (χ2n) is 39.0. The fourth-order valence-electron chi connectivity index (χ4n) is 17.2. The number of hydrogen-bond donors (Lipinski definition) is 0. The first-order valence-corrected chi connectivity index (χ1v) is 50.9. The van der Waals surface area contributed by atoms with Crippen LogP contribution in [0.4, 0.5) is 14.4 Å². The first kappa shape index (κ1) is 101. The van der Waals surface area contributed by atoms with Crippen LogP contribution in [0.15, 0.2) is 209 Å². The number of hydrogen-bond acceptors (Lipinski definition) is 24. The molecule has 7 aliphatic heterocycles. The van der Waals surface area contributed by atoms with Crippen molar-refractivity contribution in [1.29, 1.82) is 15.8 Å². The number of amides is 3. The number of allylic oxidation sites excluding steroid dienone is 1. The van der Waals surface area contributed by atoms with Crippen LogP contribution in [0.2, 0.25) is 0 Å². The van der Waals surface area contributed by atoms with Gasteiger partial charge in [-0.1, -0.05) is 72.8 Å². The lowest BCUT2D eigenvalue weighted by Gasteiger charge is -2.32. The van der Waals surface area contributed by atoms with Gasteiger partial charge in [-0.2, -0.15) is 15.8 Å². The Balaban J connectivity index is 0.000000144. The molecule has 139 heavy (non-hydrogen) atoms. The Bertz CT molecular complexity index is 6740. The number of benzene rings is 5. The van der Waals surface area contributed by atoms with Crippen LogP contribution in [0.3, 0.4) is 0 Å². The summed E-state index contributed by atoms with van der Waals surface area (Å²) in [4.78, 5) is 56.2. The summed E-state index contributed by atoms with van der Waals surface area (Å²) in [6.45, 7) is 31.8. The van der Waals surface area contributed by atoms with Gasteiger partial charge in [-0.05, 0) is 285 Å². The third-order valence-electron chi connectivity index (χ3n) is 25.1. The lowest BCUT2D eigenvalue weighted by atomic mass is 9.75. The molecule has 4 fully saturated rings. The second kappa shape index (κ2) is 42.8. The Hall–Kier alpha value is -12.2. The van der Waals surface area contributed by atoms with Crippen LogP contribution < -0.4 is 14.2 Å². The molecule has 33 heteroatoms. The molecule has 726 valence electrons. The molecular weight excluding hydrogens is 1920 g/mol.